The normalized spacial score (nSPS) is 12.3. The highest BCUT2D eigenvalue weighted by Gasteiger charge is 2.36. The third-order valence-electron chi connectivity index (χ3n) is 2.24. The van der Waals surface area contributed by atoms with Gasteiger partial charge in [-0.05, 0) is 38.1 Å². The van der Waals surface area contributed by atoms with Crippen LogP contribution < -0.4 is 14.0 Å². The van der Waals surface area contributed by atoms with E-state index in [-0.39, 0.29) is 11.5 Å². The predicted octanol–water partition coefficient (Wildman–Crippen LogP) is -0.507. The van der Waals surface area contributed by atoms with Crippen molar-refractivity contribution in [2.75, 3.05) is 0 Å². The van der Waals surface area contributed by atoms with Crippen molar-refractivity contribution in [3.63, 3.8) is 0 Å². The molecule has 2 rings (SSSR count). The molecule has 0 bridgehead atoms. The summed E-state index contributed by atoms with van der Waals surface area (Å²) in [6, 6.07) is 6.32. The van der Waals surface area contributed by atoms with E-state index in [0.717, 1.165) is 0 Å². The quantitative estimate of drug-likeness (QED) is 0.744. The third-order valence-corrected chi connectivity index (χ3v) is 2.63. The van der Waals surface area contributed by atoms with Gasteiger partial charge in [0.25, 0.3) is 0 Å². The van der Waals surface area contributed by atoms with Gasteiger partial charge in [-0.3, -0.25) is 0 Å². The molecule has 0 aliphatic rings. The van der Waals surface area contributed by atoms with Gasteiger partial charge in [0.05, 0.1) is 14.5 Å². The van der Waals surface area contributed by atoms with Gasteiger partial charge in [0.2, 0.25) is 0 Å². The molecule has 98 valence electrons. The second-order valence-electron chi connectivity index (χ2n) is 3.74. The van der Waals surface area contributed by atoms with Crippen molar-refractivity contribution in [1.29, 1.82) is 0 Å². The first kappa shape index (κ1) is 13.1. The van der Waals surface area contributed by atoms with Gasteiger partial charge in [-0.2, -0.15) is 14.0 Å². The molecular formula is C11H11ClO6. The molecule has 18 heavy (non-hydrogen) atoms. The van der Waals surface area contributed by atoms with Gasteiger partial charge in [0.1, 0.15) is 11.5 Å². The molecule has 2 aromatic rings. The maximum absolute atomic E-state index is 10.7. The Hall–Kier alpha value is -1.31. The molecule has 0 fully saturated rings. The number of furan rings is 2. The fourth-order valence-electron chi connectivity index (χ4n) is 1.53. The molecule has 0 spiro atoms. The molecule has 0 saturated heterocycles. The molecule has 0 amide bonds. The molecule has 0 aromatic carbocycles. The Morgan fingerprint density at radius 3 is 1.67 bits per heavy atom. The zero-order valence-corrected chi connectivity index (χ0v) is 10.5. The van der Waals surface area contributed by atoms with E-state index in [2.05, 4.69) is 4.29 Å². The van der Waals surface area contributed by atoms with Gasteiger partial charge in [-0.1, -0.05) is 0 Å². The van der Waals surface area contributed by atoms with Crippen LogP contribution in [0.2, 0.25) is 0 Å². The molecule has 0 radical (unpaired) electrons. The Kier molecular flexibility index (Phi) is 3.47. The van der Waals surface area contributed by atoms with Gasteiger partial charge in [-0.15, -0.1) is 0 Å². The highest BCUT2D eigenvalue weighted by molar-refractivity contribution is 5.19. The van der Waals surface area contributed by atoms with Crippen LogP contribution in [0.1, 0.15) is 29.1 Å². The minimum absolute atomic E-state index is 0.189. The van der Waals surface area contributed by atoms with Crippen molar-refractivity contribution in [3.8, 4) is 0 Å². The molecule has 0 atom stereocenters. The van der Waals surface area contributed by atoms with Crippen LogP contribution >= 0.6 is 0 Å². The summed E-state index contributed by atoms with van der Waals surface area (Å²) in [5.41, 5.74) is 0. The van der Waals surface area contributed by atoms with Crippen LogP contribution in [0.25, 0.3) is 0 Å². The average Bonchev–Trinajstić information content (AvgIpc) is 2.82. The van der Waals surface area contributed by atoms with Crippen molar-refractivity contribution in [2.24, 2.45) is 0 Å². The summed E-state index contributed by atoms with van der Waals surface area (Å²) in [6.45, 7) is 3.38. The summed E-state index contributed by atoms with van der Waals surface area (Å²) in [5, 5.41) is 0. The van der Waals surface area contributed by atoms with Gasteiger partial charge in [-0.25, -0.2) is 0 Å². The molecule has 0 aliphatic heterocycles. The van der Waals surface area contributed by atoms with Crippen LogP contribution in [-0.4, -0.2) is 0 Å². The summed E-state index contributed by atoms with van der Waals surface area (Å²) >= 11 is 0. The Balaban J connectivity index is 2.34. The van der Waals surface area contributed by atoms with Crippen LogP contribution in [-0.2, 0) is 4.29 Å². The molecule has 2 aromatic heterocycles. The number of hydrogen-bond donors (Lipinski definition) is 0. The second-order valence-corrected chi connectivity index (χ2v) is 4.68. The van der Waals surface area contributed by atoms with Gasteiger partial charge in [0, 0.05) is 0 Å². The van der Waals surface area contributed by atoms with E-state index in [4.69, 9.17) is 8.83 Å². The molecule has 0 aliphatic carbocycles. The SMILES string of the molecule is Cc1ccc(C(O[Cl+3]([O-])([O-])[O-])c2ccc(C)o2)o1. The van der Waals surface area contributed by atoms with Crippen molar-refractivity contribution < 1.29 is 37.3 Å². The van der Waals surface area contributed by atoms with Gasteiger partial charge in [0.15, 0.2) is 11.5 Å². The van der Waals surface area contributed by atoms with Crippen molar-refractivity contribution >= 4 is 0 Å². The van der Waals surface area contributed by atoms with E-state index in [9.17, 15) is 14.0 Å². The van der Waals surface area contributed by atoms with Crippen LogP contribution in [0, 0.1) is 24.1 Å². The minimum atomic E-state index is -4.59. The van der Waals surface area contributed by atoms with E-state index < -0.39 is 16.3 Å². The van der Waals surface area contributed by atoms with Crippen LogP contribution in [0.15, 0.2) is 33.1 Å². The van der Waals surface area contributed by atoms with E-state index in [1.807, 2.05) is 0 Å². The highest BCUT2D eigenvalue weighted by Crippen LogP contribution is 2.30. The van der Waals surface area contributed by atoms with Crippen molar-refractivity contribution in [2.45, 2.75) is 20.0 Å². The number of rotatable bonds is 4. The lowest BCUT2D eigenvalue weighted by Gasteiger charge is -2.16. The Morgan fingerprint density at radius 1 is 0.944 bits per heavy atom. The first-order valence-corrected chi connectivity index (χ1v) is 6.30. The maximum atomic E-state index is 10.7. The third kappa shape index (κ3) is 3.12. The molecule has 2 heterocycles. The van der Waals surface area contributed by atoms with Crippen LogP contribution in [0.4, 0.5) is 0 Å². The molecular weight excluding hydrogens is 264 g/mol. The first-order valence-electron chi connectivity index (χ1n) is 5.07. The largest absolute Gasteiger partial charge is 0.462 e. The summed E-state index contributed by atoms with van der Waals surface area (Å²) in [7, 11) is -4.59. The first-order chi connectivity index (χ1) is 8.35. The summed E-state index contributed by atoms with van der Waals surface area (Å²) < 4.78 is 47.1. The number of aryl methyl sites for hydroxylation is 2. The summed E-state index contributed by atoms with van der Waals surface area (Å²) in [6.07, 6.45) is -1.21. The summed E-state index contributed by atoms with van der Waals surface area (Å²) in [4.78, 5) is 0. The number of hydrogen-bond acceptors (Lipinski definition) is 6. The lowest BCUT2D eigenvalue weighted by molar-refractivity contribution is -1.92. The Morgan fingerprint density at radius 2 is 1.39 bits per heavy atom. The van der Waals surface area contributed by atoms with E-state index >= 15 is 0 Å². The Bertz CT molecular complexity index is 483. The molecule has 0 N–H and O–H groups in total. The molecule has 6 nitrogen and oxygen atoms in total. The zero-order chi connectivity index (χ0) is 13.3. The monoisotopic (exact) mass is 274 g/mol. The van der Waals surface area contributed by atoms with Crippen LogP contribution in [0.5, 0.6) is 0 Å². The maximum Gasteiger partial charge on any atom is 0.327 e. The van der Waals surface area contributed by atoms with Gasteiger partial charge >= 0.3 is 6.10 Å². The van der Waals surface area contributed by atoms with E-state index in [1.165, 1.54) is 12.1 Å². The highest BCUT2D eigenvalue weighted by atomic mass is 35.7. The molecule has 0 saturated carbocycles. The van der Waals surface area contributed by atoms with Crippen molar-refractivity contribution in [1.82, 2.24) is 0 Å². The molecule has 0 unspecified atom stereocenters. The molecule has 7 heteroatoms. The fraction of sp³-hybridized carbons (Fsp3) is 0.273. The smallest absolute Gasteiger partial charge is 0.327 e. The predicted molar refractivity (Wildman–Crippen MR) is 49.8 cm³/mol. The average molecular weight is 275 g/mol. The zero-order valence-electron chi connectivity index (χ0n) is 9.71. The topological polar surface area (TPSA) is 105 Å². The van der Waals surface area contributed by atoms with E-state index in [1.54, 1.807) is 26.0 Å². The Labute approximate surface area is 105 Å². The number of halogens is 1. The lowest BCUT2D eigenvalue weighted by atomic mass is 10.2. The minimum Gasteiger partial charge on any atom is -0.462 e. The van der Waals surface area contributed by atoms with E-state index in [0.29, 0.717) is 11.5 Å². The summed E-state index contributed by atoms with van der Waals surface area (Å²) in [5.74, 6) is 1.52. The lowest BCUT2D eigenvalue weighted by Crippen LogP contribution is -2.61. The standard InChI is InChI=1S/C11H11ClO6/c1-7-3-5-9(16-7)11(18-12(13,14)15)10-6-4-8(2)17-10/h3-6,11H,1-2H3. The second kappa shape index (κ2) is 4.75. The van der Waals surface area contributed by atoms with Crippen molar-refractivity contribution in [3.05, 3.63) is 47.3 Å². The fourth-order valence-corrected chi connectivity index (χ4v) is 1.92. The van der Waals surface area contributed by atoms with Crippen LogP contribution in [0.3, 0.4) is 0 Å². The van der Waals surface area contributed by atoms with Gasteiger partial charge < -0.3 is 8.83 Å².